The number of aromatic nitrogens is 4. The van der Waals surface area contributed by atoms with Gasteiger partial charge in [0.05, 0.1) is 23.6 Å². The largest absolute Gasteiger partial charge is 0.405 e. The van der Waals surface area contributed by atoms with Gasteiger partial charge >= 0.3 is 12.2 Å². The molecule has 4 heterocycles. The maximum absolute atomic E-state index is 12.5. The van der Waals surface area contributed by atoms with E-state index in [4.69, 9.17) is 16.6 Å². The first-order valence-corrected chi connectivity index (χ1v) is 10.7. The summed E-state index contributed by atoms with van der Waals surface area (Å²) in [4.78, 5) is 23.0. The summed E-state index contributed by atoms with van der Waals surface area (Å²) in [6.45, 7) is 0.665. The Kier molecular flexibility index (Phi) is 6.02. The van der Waals surface area contributed by atoms with Gasteiger partial charge in [-0.15, -0.1) is 0 Å². The molecule has 2 atom stereocenters. The minimum absolute atomic E-state index is 0.169. The zero-order chi connectivity index (χ0) is 23.0. The summed E-state index contributed by atoms with van der Waals surface area (Å²) in [7, 11) is 1.72. The number of anilines is 2. The first-order valence-electron chi connectivity index (χ1n) is 10.3. The van der Waals surface area contributed by atoms with Gasteiger partial charge in [0, 0.05) is 19.3 Å². The van der Waals surface area contributed by atoms with E-state index in [9.17, 15) is 18.0 Å². The fourth-order valence-corrected chi connectivity index (χ4v) is 4.36. The summed E-state index contributed by atoms with van der Waals surface area (Å²) in [5.74, 6) is 0.366. The second kappa shape index (κ2) is 8.61. The molecular formula is C20H23ClF3N7O. The number of hydrogen-bond donors (Lipinski definition) is 2. The van der Waals surface area contributed by atoms with Crippen molar-refractivity contribution in [2.24, 2.45) is 7.05 Å². The Labute approximate surface area is 187 Å². The van der Waals surface area contributed by atoms with Crippen LogP contribution in [0.4, 0.5) is 29.6 Å². The van der Waals surface area contributed by atoms with Gasteiger partial charge in [-0.05, 0) is 36.8 Å². The molecule has 2 amide bonds. The van der Waals surface area contributed by atoms with Crippen LogP contribution in [0, 0.1) is 0 Å². The normalized spacial score (nSPS) is 20.3. The summed E-state index contributed by atoms with van der Waals surface area (Å²) in [5, 5.41) is 9.57. The van der Waals surface area contributed by atoms with Crippen LogP contribution in [-0.2, 0) is 13.5 Å². The lowest BCUT2D eigenvalue weighted by Gasteiger charge is -2.34. The Bertz CT molecular complexity index is 1050. The minimum atomic E-state index is -4.44. The molecule has 1 saturated heterocycles. The van der Waals surface area contributed by atoms with Crippen molar-refractivity contribution >= 4 is 34.8 Å². The number of aryl methyl sites for hydroxylation is 2. The average molecular weight is 470 g/mol. The molecule has 2 aliphatic heterocycles. The van der Waals surface area contributed by atoms with Crippen LogP contribution < -0.4 is 10.6 Å². The molecule has 2 unspecified atom stereocenters. The zero-order valence-corrected chi connectivity index (χ0v) is 18.3. The lowest BCUT2D eigenvalue weighted by molar-refractivity contribution is -0.123. The Morgan fingerprint density at radius 2 is 2.09 bits per heavy atom. The van der Waals surface area contributed by atoms with Gasteiger partial charge in [-0.25, -0.2) is 14.8 Å². The number of alkyl halides is 3. The quantitative estimate of drug-likeness (QED) is 0.689. The van der Waals surface area contributed by atoms with E-state index in [-0.39, 0.29) is 12.1 Å². The molecule has 0 saturated carbocycles. The van der Waals surface area contributed by atoms with Crippen molar-refractivity contribution in [3.63, 3.8) is 0 Å². The second-order valence-corrected chi connectivity index (χ2v) is 8.25. The van der Waals surface area contributed by atoms with Gasteiger partial charge in [0.1, 0.15) is 11.7 Å². The molecule has 2 N–H and O–H groups in total. The van der Waals surface area contributed by atoms with Crippen molar-refractivity contribution < 1.29 is 18.0 Å². The van der Waals surface area contributed by atoms with E-state index in [0.717, 1.165) is 23.3 Å². The van der Waals surface area contributed by atoms with Crippen molar-refractivity contribution in [1.82, 2.24) is 30.0 Å². The number of carbonyl (C=O) groups is 1. The van der Waals surface area contributed by atoms with Crippen molar-refractivity contribution in [2.45, 2.75) is 50.9 Å². The molecule has 0 radical (unpaired) electrons. The van der Waals surface area contributed by atoms with Crippen molar-refractivity contribution in [3.8, 4) is 0 Å². The SMILES string of the molecule is CCc1cnc(Nc2cnn(C)c2Cl)nc1C1=CC2CCC(C1)N2C(=O)NCC(F)(F)F. The molecule has 1 fully saturated rings. The van der Waals surface area contributed by atoms with Gasteiger partial charge in [-0.1, -0.05) is 24.6 Å². The first kappa shape index (κ1) is 22.4. The number of halogens is 4. The molecule has 4 rings (SSSR count). The maximum Gasteiger partial charge on any atom is 0.405 e. The number of nitrogens with zero attached hydrogens (tertiary/aromatic N) is 5. The van der Waals surface area contributed by atoms with Gasteiger partial charge in [0.15, 0.2) is 0 Å². The average Bonchev–Trinajstić information content (AvgIpc) is 3.20. The molecule has 2 aromatic rings. The van der Waals surface area contributed by atoms with Crippen molar-refractivity contribution in [1.29, 1.82) is 0 Å². The first-order chi connectivity index (χ1) is 15.2. The van der Waals surface area contributed by atoms with Crippen LogP contribution in [0.1, 0.15) is 37.4 Å². The van der Waals surface area contributed by atoms with E-state index in [1.54, 1.807) is 19.4 Å². The molecule has 0 aromatic carbocycles. The number of urea groups is 1. The number of amides is 2. The highest BCUT2D eigenvalue weighted by Gasteiger charge is 2.41. The number of rotatable bonds is 5. The molecule has 2 aromatic heterocycles. The summed E-state index contributed by atoms with van der Waals surface area (Å²) in [6.07, 6.45) is 3.50. The van der Waals surface area contributed by atoms with Crippen LogP contribution in [-0.4, -0.2) is 55.5 Å². The third kappa shape index (κ3) is 4.52. The van der Waals surface area contributed by atoms with E-state index < -0.39 is 18.8 Å². The standard InChI is InChI=1S/C20H23ClF3N7O/c1-3-11-8-25-18(28-15-9-27-30(2)17(15)21)29-16(11)12-6-13-4-5-14(7-12)31(13)19(32)26-10-20(22,23)24/h6,8-9,13-14H,3-5,7,10H2,1-2H3,(H,26,32)(H,25,28,29). The summed E-state index contributed by atoms with van der Waals surface area (Å²) < 4.78 is 39.0. The van der Waals surface area contributed by atoms with Crippen LogP contribution in [0.2, 0.25) is 5.15 Å². The molecule has 32 heavy (non-hydrogen) atoms. The van der Waals surface area contributed by atoms with E-state index in [1.807, 2.05) is 18.3 Å². The fraction of sp³-hybridized carbons (Fsp3) is 0.500. The van der Waals surface area contributed by atoms with Gasteiger partial charge < -0.3 is 15.5 Å². The molecular weight excluding hydrogens is 447 g/mol. The molecule has 0 spiro atoms. The van der Waals surface area contributed by atoms with Gasteiger partial charge in [-0.3, -0.25) is 4.68 Å². The second-order valence-electron chi connectivity index (χ2n) is 7.89. The van der Waals surface area contributed by atoms with E-state index >= 15 is 0 Å². The zero-order valence-electron chi connectivity index (χ0n) is 17.6. The number of fused-ring (bicyclic) bond motifs is 2. The Hall–Kier alpha value is -2.82. The van der Waals surface area contributed by atoms with Crippen molar-refractivity contribution in [3.05, 3.63) is 34.9 Å². The van der Waals surface area contributed by atoms with Crippen LogP contribution in [0.3, 0.4) is 0 Å². The maximum atomic E-state index is 12.5. The molecule has 2 aliphatic rings. The van der Waals surface area contributed by atoms with Crippen LogP contribution in [0.25, 0.3) is 5.57 Å². The highest BCUT2D eigenvalue weighted by molar-refractivity contribution is 6.32. The lowest BCUT2D eigenvalue weighted by Crippen LogP contribution is -2.50. The van der Waals surface area contributed by atoms with Crippen molar-refractivity contribution in [2.75, 3.05) is 11.9 Å². The van der Waals surface area contributed by atoms with Crippen LogP contribution in [0.15, 0.2) is 18.5 Å². The molecule has 172 valence electrons. The Morgan fingerprint density at radius 3 is 2.72 bits per heavy atom. The lowest BCUT2D eigenvalue weighted by atomic mass is 9.95. The smallest absolute Gasteiger partial charge is 0.329 e. The third-order valence-corrected chi connectivity index (χ3v) is 6.18. The Balaban J connectivity index is 1.57. The highest BCUT2D eigenvalue weighted by Crippen LogP contribution is 2.39. The number of hydrogen-bond acceptors (Lipinski definition) is 5. The third-order valence-electron chi connectivity index (χ3n) is 5.73. The van der Waals surface area contributed by atoms with Crippen LogP contribution in [0.5, 0.6) is 0 Å². The fourth-order valence-electron chi connectivity index (χ4n) is 4.22. The van der Waals surface area contributed by atoms with E-state index in [2.05, 4.69) is 15.4 Å². The molecule has 12 heteroatoms. The highest BCUT2D eigenvalue weighted by atomic mass is 35.5. The molecule has 0 aliphatic carbocycles. The minimum Gasteiger partial charge on any atom is -0.329 e. The molecule has 2 bridgehead atoms. The van der Waals surface area contributed by atoms with E-state index in [1.165, 1.54) is 9.58 Å². The predicted molar refractivity (Wildman–Crippen MR) is 114 cm³/mol. The number of nitrogens with one attached hydrogen (secondary N) is 2. The monoisotopic (exact) mass is 469 g/mol. The predicted octanol–water partition coefficient (Wildman–Crippen LogP) is 4.06. The van der Waals surface area contributed by atoms with E-state index in [0.29, 0.717) is 36.1 Å². The van der Waals surface area contributed by atoms with Gasteiger partial charge in [-0.2, -0.15) is 18.3 Å². The molecule has 8 nitrogen and oxygen atoms in total. The number of carbonyl (C=O) groups excluding carboxylic acids is 1. The summed E-state index contributed by atoms with van der Waals surface area (Å²) >= 11 is 6.21. The van der Waals surface area contributed by atoms with Gasteiger partial charge in [0.2, 0.25) is 5.95 Å². The summed E-state index contributed by atoms with van der Waals surface area (Å²) in [6, 6.07) is -1.12. The summed E-state index contributed by atoms with van der Waals surface area (Å²) in [5.41, 5.74) is 3.28. The Morgan fingerprint density at radius 1 is 1.31 bits per heavy atom. The van der Waals surface area contributed by atoms with Crippen LogP contribution >= 0.6 is 11.6 Å². The topological polar surface area (TPSA) is 88.0 Å². The van der Waals surface area contributed by atoms with Gasteiger partial charge in [0.25, 0.3) is 0 Å².